The molecule has 0 aliphatic carbocycles. The van der Waals surface area contributed by atoms with E-state index >= 15 is 0 Å². The minimum atomic E-state index is -0.496. The summed E-state index contributed by atoms with van der Waals surface area (Å²) in [6.45, 7) is 10.1. The minimum Gasteiger partial charge on any atom is -0.326 e. The second-order valence-corrected chi connectivity index (χ2v) is 8.32. The molecule has 1 aliphatic heterocycles. The summed E-state index contributed by atoms with van der Waals surface area (Å²) in [7, 11) is 0. The molecule has 150 valence electrons. The zero-order chi connectivity index (χ0) is 21.0. The lowest BCUT2D eigenvalue weighted by Gasteiger charge is -2.14. The Morgan fingerprint density at radius 1 is 1.17 bits per heavy atom. The van der Waals surface area contributed by atoms with Crippen LogP contribution in [-0.2, 0) is 9.59 Å². The molecule has 0 radical (unpaired) electrons. The molecule has 6 heteroatoms. The van der Waals surface area contributed by atoms with Crippen molar-refractivity contribution in [3.63, 3.8) is 0 Å². The lowest BCUT2D eigenvalue weighted by atomic mass is 10.1. The Kier molecular flexibility index (Phi) is 6.54. The summed E-state index contributed by atoms with van der Waals surface area (Å²) in [4.78, 5) is 31.7. The molecule has 1 fully saturated rings. The maximum absolute atomic E-state index is 12.9. The predicted octanol–water partition coefficient (Wildman–Crippen LogP) is 4.76. The van der Waals surface area contributed by atoms with Crippen LogP contribution >= 0.6 is 11.8 Å². The van der Waals surface area contributed by atoms with Crippen molar-refractivity contribution >= 4 is 40.1 Å². The molecular formula is C23H25N3O2S. The van der Waals surface area contributed by atoms with E-state index < -0.39 is 5.25 Å². The van der Waals surface area contributed by atoms with E-state index in [1.807, 2.05) is 63.2 Å². The average Bonchev–Trinajstić information content (AvgIpc) is 2.95. The summed E-state index contributed by atoms with van der Waals surface area (Å²) in [6, 6.07) is 13.6. The maximum Gasteiger partial charge on any atom is 0.242 e. The van der Waals surface area contributed by atoms with Gasteiger partial charge in [0.1, 0.15) is 5.25 Å². The number of rotatable bonds is 6. The standard InChI is InChI=1S/C23H25N3O2S/c1-5-12-26-22(28)20(14-21(27)24-18-10-7-15(2)8-11-18)29-23(26)25-19-13-16(3)6-9-17(19)4/h5-11,13,20H,1,12,14H2,2-4H3,(H,24,27). The van der Waals surface area contributed by atoms with Crippen molar-refractivity contribution in [2.24, 2.45) is 4.99 Å². The molecule has 0 aromatic heterocycles. The number of amidine groups is 1. The molecule has 0 bridgehead atoms. The number of carbonyl (C=O) groups is 2. The normalized spacial score (nSPS) is 17.6. The van der Waals surface area contributed by atoms with Crippen molar-refractivity contribution in [1.82, 2.24) is 4.90 Å². The monoisotopic (exact) mass is 407 g/mol. The van der Waals surface area contributed by atoms with Gasteiger partial charge in [-0.05, 0) is 50.1 Å². The molecular weight excluding hydrogens is 382 g/mol. The van der Waals surface area contributed by atoms with E-state index in [1.54, 1.807) is 11.0 Å². The number of hydrogen-bond acceptors (Lipinski definition) is 4. The van der Waals surface area contributed by atoms with Gasteiger partial charge in [-0.2, -0.15) is 0 Å². The Morgan fingerprint density at radius 2 is 1.86 bits per heavy atom. The number of anilines is 1. The van der Waals surface area contributed by atoms with E-state index in [-0.39, 0.29) is 18.2 Å². The van der Waals surface area contributed by atoms with E-state index in [0.717, 1.165) is 28.1 Å². The summed E-state index contributed by atoms with van der Waals surface area (Å²) < 4.78 is 0. The average molecular weight is 408 g/mol. The highest BCUT2D eigenvalue weighted by Crippen LogP contribution is 2.33. The number of aliphatic imine (C=N–C) groups is 1. The van der Waals surface area contributed by atoms with Gasteiger partial charge in [-0.25, -0.2) is 4.99 Å². The minimum absolute atomic E-state index is 0.0941. The van der Waals surface area contributed by atoms with Crippen LogP contribution in [0.4, 0.5) is 11.4 Å². The van der Waals surface area contributed by atoms with E-state index in [0.29, 0.717) is 11.7 Å². The summed E-state index contributed by atoms with van der Waals surface area (Å²) >= 11 is 1.34. The van der Waals surface area contributed by atoms with E-state index in [9.17, 15) is 9.59 Å². The van der Waals surface area contributed by atoms with Crippen molar-refractivity contribution in [3.05, 3.63) is 71.8 Å². The van der Waals surface area contributed by atoms with Crippen LogP contribution in [0.2, 0.25) is 0 Å². The van der Waals surface area contributed by atoms with Gasteiger partial charge in [0.2, 0.25) is 11.8 Å². The highest BCUT2D eigenvalue weighted by molar-refractivity contribution is 8.15. The number of amides is 2. The van der Waals surface area contributed by atoms with Gasteiger partial charge >= 0.3 is 0 Å². The number of carbonyl (C=O) groups excluding carboxylic acids is 2. The van der Waals surface area contributed by atoms with Gasteiger partial charge in [0.05, 0.1) is 5.69 Å². The Morgan fingerprint density at radius 3 is 2.55 bits per heavy atom. The summed E-state index contributed by atoms with van der Waals surface area (Å²) in [5.41, 5.74) is 4.82. The van der Waals surface area contributed by atoms with Gasteiger partial charge in [0.15, 0.2) is 5.17 Å². The fraction of sp³-hybridized carbons (Fsp3) is 0.261. The fourth-order valence-corrected chi connectivity index (χ4v) is 4.14. The van der Waals surface area contributed by atoms with Crippen molar-refractivity contribution in [2.45, 2.75) is 32.4 Å². The Balaban J connectivity index is 1.76. The molecule has 1 saturated heterocycles. The number of benzene rings is 2. The highest BCUT2D eigenvalue weighted by atomic mass is 32.2. The Hall–Kier alpha value is -2.86. The maximum atomic E-state index is 12.9. The fourth-order valence-electron chi connectivity index (χ4n) is 2.98. The van der Waals surface area contributed by atoms with Crippen LogP contribution in [0.3, 0.4) is 0 Å². The van der Waals surface area contributed by atoms with Gasteiger partial charge in [-0.15, -0.1) is 6.58 Å². The van der Waals surface area contributed by atoms with Crippen molar-refractivity contribution in [2.75, 3.05) is 11.9 Å². The zero-order valence-electron chi connectivity index (χ0n) is 16.9. The van der Waals surface area contributed by atoms with Gasteiger partial charge in [-0.1, -0.05) is 47.7 Å². The third kappa shape index (κ3) is 5.15. The molecule has 29 heavy (non-hydrogen) atoms. The van der Waals surface area contributed by atoms with Crippen molar-refractivity contribution < 1.29 is 9.59 Å². The van der Waals surface area contributed by atoms with E-state index in [1.165, 1.54) is 11.8 Å². The molecule has 2 amide bonds. The molecule has 1 N–H and O–H groups in total. The number of aryl methyl sites for hydroxylation is 3. The summed E-state index contributed by atoms with van der Waals surface area (Å²) in [5.74, 6) is -0.302. The lowest BCUT2D eigenvalue weighted by Crippen LogP contribution is -2.33. The molecule has 0 spiro atoms. The highest BCUT2D eigenvalue weighted by Gasteiger charge is 2.38. The van der Waals surface area contributed by atoms with Crippen LogP contribution in [0.5, 0.6) is 0 Å². The lowest BCUT2D eigenvalue weighted by molar-refractivity contribution is -0.127. The first-order chi connectivity index (χ1) is 13.9. The molecule has 2 aromatic carbocycles. The summed E-state index contributed by atoms with van der Waals surface area (Å²) in [6.07, 6.45) is 1.77. The molecule has 5 nitrogen and oxygen atoms in total. The molecule has 0 saturated carbocycles. The second-order valence-electron chi connectivity index (χ2n) is 7.15. The van der Waals surface area contributed by atoms with Gasteiger partial charge in [0, 0.05) is 18.7 Å². The van der Waals surface area contributed by atoms with Crippen LogP contribution in [-0.4, -0.2) is 33.7 Å². The van der Waals surface area contributed by atoms with Crippen LogP contribution in [0.25, 0.3) is 0 Å². The number of nitrogens with zero attached hydrogens (tertiary/aromatic N) is 2. The van der Waals surface area contributed by atoms with Crippen molar-refractivity contribution in [1.29, 1.82) is 0 Å². The Labute approximate surface area is 175 Å². The topological polar surface area (TPSA) is 61.8 Å². The van der Waals surface area contributed by atoms with Gasteiger partial charge < -0.3 is 5.32 Å². The SMILES string of the molecule is C=CCN1C(=O)C(CC(=O)Nc2ccc(C)cc2)SC1=Nc1cc(C)ccc1C. The first-order valence-electron chi connectivity index (χ1n) is 9.49. The zero-order valence-corrected chi connectivity index (χ0v) is 17.8. The molecule has 1 atom stereocenters. The van der Waals surface area contributed by atoms with E-state index in [2.05, 4.69) is 11.9 Å². The number of nitrogens with one attached hydrogen (secondary N) is 1. The molecule has 1 aliphatic rings. The van der Waals surface area contributed by atoms with Gasteiger partial charge in [-0.3, -0.25) is 14.5 Å². The van der Waals surface area contributed by atoms with Crippen LogP contribution in [0.15, 0.2) is 60.1 Å². The third-order valence-electron chi connectivity index (χ3n) is 4.62. The second kappa shape index (κ2) is 9.09. The first-order valence-corrected chi connectivity index (χ1v) is 10.4. The van der Waals surface area contributed by atoms with Crippen molar-refractivity contribution in [3.8, 4) is 0 Å². The molecule has 3 rings (SSSR count). The molecule has 2 aromatic rings. The Bertz CT molecular complexity index is 967. The van der Waals surface area contributed by atoms with Crippen LogP contribution in [0, 0.1) is 20.8 Å². The third-order valence-corrected chi connectivity index (χ3v) is 5.79. The molecule has 1 unspecified atom stereocenters. The first kappa shape index (κ1) is 20.9. The van der Waals surface area contributed by atoms with E-state index in [4.69, 9.17) is 4.99 Å². The van der Waals surface area contributed by atoms with Crippen LogP contribution < -0.4 is 5.32 Å². The van der Waals surface area contributed by atoms with Gasteiger partial charge in [0.25, 0.3) is 0 Å². The predicted molar refractivity (Wildman–Crippen MR) is 121 cm³/mol. The number of thioether (sulfide) groups is 1. The molecule has 1 heterocycles. The summed E-state index contributed by atoms with van der Waals surface area (Å²) in [5, 5.41) is 2.97. The van der Waals surface area contributed by atoms with Crippen LogP contribution in [0.1, 0.15) is 23.1 Å². The quantitative estimate of drug-likeness (QED) is 0.703. The largest absolute Gasteiger partial charge is 0.326 e. The smallest absolute Gasteiger partial charge is 0.242 e. The number of hydrogen-bond donors (Lipinski definition) is 1.